The largest absolute Gasteiger partial charge is 0.394 e. The second-order valence-corrected chi connectivity index (χ2v) is 9.23. The van der Waals surface area contributed by atoms with Gasteiger partial charge in [0.25, 0.3) is 5.56 Å². The number of nitrogens with zero attached hydrogens (tertiary/aromatic N) is 3. The molecule has 1 aliphatic rings. The van der Waals surface area contributed by atoms with Gasteiger partial charge in [-0.2, -0.15) is 0 Å². The van der Waals surface area contributed by atoms with E-state index in [-0.39, 0.29) is 12.2 Å². The van der Waals surface area contributed by atoms with Crippen molar-refractivity contribution in [2.24, 2.45) is 0 Å². The van der Waals surface area contributed by atoms with Gasteiger partial charge in [-0.05, 0) is 58.3 Å². The highest BCUT2D eigenvalue weighted by Crippen LogP contribution is 2.34. The topological polar surface area (TPSA) is 67.6 Å². The molecule has 150 valence electrons. The fourth-order valence-corrected chi connectivity index (χ4v) is 5.61. The molecule has 2 aromatic rings. The van der Waals surface area contributed by atoms with Gasteiger partial charge in [0.15, 0.2) is 5.16 Å². The van der Waals surface area contributed by atoms with E-state index in [1.165, 1.54) is 16.9 Å². The predicted molar refractivity (Wildman–Crippen MR) is 112 cm³/mol. The van der Waals surface area contributed by atoms with Crippen LogP contribution < -0.4 is 5.56 Å². The van der Waals surface area contributed by atoms with Crippen LogP contribution in [-0.2, 0) is 24.1 Å². The molecule has 2 aromatic heterocycles. The van der Waals surface area contributed by atoms with Gasteiger partial charge < -0.3 is 14.7 Å². The number of aryl methyl sites for hydroxylation is 2. The van der Waals surface area contributed by atoms with Crippen molar-refractivity contribution in [3.8, 4) is 0 Å². The number of fused-ring (bicyclic) bond motifs is 3. The smallest absolute Gasteiger partial charge is 0.263 e. The first-order chi connectivity index (χ1) is 13.1. The summed E-state index contributed by atoms with van der Waals surface area (Å²) in [7, 11) is 4.10. The summed E-state index contributed by atoms with van der Waals surface area (Å²) >= 11 is 3.27. The highest BCUT2D eigenvalue weighted by Gasteiger charge is 2.22. The van der Waals surface area contributed by atoms with Crippen molar-refractivity contribution in [1.29, 1.82) is 0 Å². The average Bonchev–Trinajstić information content (AvgIpc) is 3.02. The van der Waals surface area contributed by atoms with Gasteiger partial charge in [-0.25, -0.2) is 4.98 Å². The normalized spacial score (nSPS) is 14.2. The lowest BCUT2D eigenvalue weighted by atomic mass is 9.97. The molecule has 0 spiro atoms. The van der Waals surface area contributed by atoms with E-state index >= 15 is 0 Å². The van der Waals surface area contributed by atoms with E-state index in [0.717, 1.165) is 53.4 Å². The zero-order chi connectivity index (χ0) is 19.2. The molecule has 0 aliphatic heterocycles. The predicted octanol–water partition coefficient (Wildman–Crippen LogP) is 2.39. The van der Waals surface area contributed by atoms with Crippen molar-refractivity contribution in [3.63, 3.8) is 0 Å². The Labute approximate surface area is 168 Å². The standard InChI is InChI=1S/C19H29N3O3S2/c1-21(2)8-5-9-22-18(24)16-14-6-3-4-7-15(14)27-17(16)20-19(22)26-13-12-25-11-10-23/h23H,3-13H2,1-2H3. The van der Waals surface area contributed by atoms with E-state index in [2.05, 4.69) is 4.90 Å². The van der Waals surface area contributed by atoms with E-state index in [9.17, 15) is 4.79 Å². The maximum absolute atomic E-state index is 13.3. The molecule has 0 amide bonds. The van der Waals surface area contributed by atoms with Crippen LogP contribution in [0.15, 0.2) is 9.95 Å². The lowest BCUT2D eigenvalue weighted by molar-refractivity contribution is 0.103. The minimum absolute atomic E-state index is 0.0326. The number of hydrogen-bond donors (Lipinski definition) is 1. The van der Waals surface area contributed by atoms with Crippen LogP contribution in [0.25, 0.3) is 10.2 Å². The van der Waals surface area contributed by atoms with Crippen molar-refractivity contribution in [1.82, 2.24) is 14.5 Å². The Morgan fingerprint density at radius 2 is 2.11 bits per heavy atom. The number of thiophene rings is 1. The number of hydrogen-bond acceptors (Lipinski definition) is 7. The summed E-state index contributed by atoms with van der Waals surface area (Å²) in [4.78, 5) is 22.6. The molecule has 27 heavy (non-hydrogen) atoms. The summed E-state index contributed by atoms with van der Waals surface area (Å²) in [6.07, 6.45) is 5.37. The van der Waals surface area contributed by atoms with E-state index in [0.29, 0.717) is 19.8 Å². The Bertz CT molecular complexity index is 817. The van der Waals surface area contributed by atoms with Crippen LogP contribution in [0.1, 0.15) is 29.7 Å². The summed E-state index contributed by atoms with van der Waals surface area (Å²) in [5, 5.41) is 10.5. The van der Waals surface area contributed by atoms with Gasteiger partial charge >= 0.3 is 0 Å². The molecular formula is C19H29N3O3S2. The van der Waals surface area contributed by atoms with Crippen LogP contribution in [0.2, 0.25) is 0 Å². The van der Waals surface area contributed by atoms with Gasteiger partial charge in [-0.3, -0.25) is 9.36 Å². The number of aliphatic hydroxyl groups excluding tert-OH is 1. The molecule has 0 bridgehead atoms. The fraction of sp³-hybridized carbons (Fsp3) is 0.684. The van der Waals surface area contributed by atoms with E-state index < -0.39 is 0 Å². The van der Waals surface area contributed by atoms with Gasteiger partial charge in [-0.15, -0.1) is 11.3 Å². The van der Waals surface area contributed by atoms with Crippen molar-refractivity contribution in [3.05, 3.63) is 20.8 Å². The van der Waals surface area contributed by atoms with Gasteiger partial charge in [0.2, 0.25) is 0 Å². The minimum Gasteiger partial charge on any atom is -0.394 e. The lowest BCUT2D eigenvalue weighted by Crippen LogP contribution is -2.26. The third-order valence-electron chi connectivity index (χ3n) is 4.72. The summed E-state index contributed by atoms with van der Waals surface area (Å²) in [6.45, 7) is 2.54. The van der Waals surface area contributed by atoms with Crippen molar-refractivity contribution in [2.45, 2.75) is 43.8 Å². The van der Waals surface area contributed by atoms with Crippen molar-refractivity contribution < 1.29 is 9.84 Å². The molecule has 1 aliphatic carbocycles. The second kappa shape index (κ2) is 10.0. The molecule has 0 fully saturated rings. The van der Waals surface area contributed by atoms with Crippen LogP contribution in [0.5, 0.6) is 0 Å². The van der Waals surface area contributed by atoms with Crippen molar-refractivity contribution in [2.75, 3.05) is 46.2 Å². The molecule has 8 heteroatoms. The Kier molecular flexibility index (Phi) is 7.72. The maximum Gasteiger partial charge on any atom is 0.263 e. The van der Waals surface area contributed by atoms with Crippen LogP contribution in [0.3, 0.4) is 0 Å². The summed E-state index contributed by atoms with van der Waals surface area (Å²) in [5.41, 5.74) is 1.37. The number of aliphatic hydroxyl groups is 1. The summed E-state index contributed by atoms with van der Waals surface area (Å²) in [6, 6.07) is 0. The molecule has 0 radical (unpaired) electrons. The Morgan fingerprint density at radius 1 is 1.30 bits per heavy atom. The Hall–Kier alpha value is -0.930. The van der Waals surface area contributed by atoms with Crippen LogP contribution in [-0.4, -0.2) is 65.8 Å². The first-order valence-electron chi connectivity index (χ1n) is 9.63. The Balaban J connectivity index is 1.89. The summed E-state index contributed by atoms with van der Waals surface area (Å²) < 4.78 is 7.22. The lowest BCUT2D eigenvalue weighted by Gasteiger charge is -2.15. The first kappa shape index (κ1) is 20.8. The number of thioether (sulfide) groups is 1. The molecule has 0 unspecified atom stereocenters. The second-order valence-electron chi connectivity index (χ2n) is 7.08. The molecule has 6 nitrogen and oxygen atoms in total. The average molecular weight is 412 g/mol. The SMILES string of the molecule is CN(C)CCCn1c(SCCOCCO)nc2sc3c(c2c1=O)CCCC3. The monoisotopic (exact) mass is 411 g/mol. The van der Waals surface area contributed by atoms with Gasteiger partial charge in [0, 0.05) is 17.2 Å². The zero-order valence-electron chi connectivity index (χ0n) is 16.2. The molecule has 0 aromatic carbocycles. The number of rotatable bonds is 10. The molecule has 2 heterocycles. The molecule has 0 atom stereocenters. The van der Waals surface area contributed by atoms with Crippen LogP contribution >= 0.6 is 23.1 Å². The fourth-order valence-electron chi connectivity index (χ4n) is 3.43. The molecule has 0 saturated carbocycles. The molecule has 1 N–H and O–H groups in total. The van der Waals surface area contributed by atoms with Crippen LogP contribution in [0, 0.1) is 0 Å². The highest BCUT2D eigenvalue weighted by molar-refractivity contribution is 7.99. The third kappa shape index (κ3) is 5.12. The third-order valence-corrected chi connectivity index (χ3v) is 6.85. The quantitative estimate of drug-likeness (QED) is 0.368. The van der Waals surface area contributed by atoms with Crippen molar-refractivity contribution >= 4 is 33.3 Å². The number of ether oxygens (including phenoxy) is 1. The molecule has 3 rings (SSSR count). The van der Waals surface area contributed by atoms with E-state index in [1.54, 1.807) is 23.1 Å². The van der Waals surface area contributed by atoms with E-state index in [4.69, 9.17) is 14.8 Å². The molecular weight excluding hydrogens is 382 g/mol. The van der Waals surface area contributed by atoms with Crippen LogP contribution in [0.4, 0.5) is 0 Å². The zero-order valence-corrected chi connectivity index (χ0v) is 17.8. The number of aromatic nitrogens is 2. The van der Waals surface area contributed by atoms with E-state index in [1.807, 2.05) is 18.7 Å². The minimum atomic E-state index is 0.0326. The maximum atomic E-state index is 13.3. The molecule has 0 saturated heterocycles. The van der Waals surface area contributed by atoms with Gasteiger partial charge in [0.05, 0.1) is 25.2 Å². The first-order valence-corrected chi connectivity index (χ1v) is 11.4. The van der Waals surface area contributed by atoms with Gasteiger partial charge in [-0.1, -0.05) is 11.8 Å². The highest BCUT2D eigenvalue weighted by atomic mass is 32.2. The van der Waals surface area contributed by atoms with Gasteiger partial charge in [0.1, 0.15) is 4.83 Å². The summed E-state index contributed by atoms with van der Waals surface area (Å²) in [5.74, 6) is 0.719. The Morgan fingerprint density at radius 3 is 2.89 bits per heavy atom.